The molecule has 0 aliphatic carbocycles. The zero-order valence-electron chi connectivity index (χ0n) is 21.2. The van der Waals surface area contributed by atoms with Crippen molar-refractivity contribution in [2.24, 2.45) is 5.92 Å². The fourth-order valence-electron chi connectivity index (χ4n) is 4.61. The Kier molecular flexibility index (Phi) is 10.3. The minimum Gasteiger partial charge on any atom is -0.374 e. The van der Waals surface area contributed by atoms with Crippen molar-refractivity contribution >= 4 is 0 Å². The van der Waals surface area contributed by atoms with Crippen molar-refractivity contribution in [3.8, 4) is 0 Å². The lowest BCUT2D eigenvalue weighted by Gasteiger charge is -2.34. The summed E-state index contributed by atoms with van der Waals surface area (Å²) in [6.07, 6.45) is 3.38. The zero-order valence-corrected chi connectivity index (χ0v) is 21.2. The summed E-state index contributed by atoms with van der Waals surface area (Å²) >= 11 is 0. The Morgan fingerprint density at radius 3 is 1.86 bits per heavy atom. The topological polar surface area (TPSA) is 36.9 Å². The molecule has 1 aliphatic rings. The molecule has 0 amide bonds. The van der Waals surface area contributed by atoms with E-state index in [0.29, 0.717) is 26.4 Å². The van der Waals surface area contributed by atoms with Crippen LogP contribution in [0.2, 0.25) is 0 Å². The first kappa shape index (κ1) is 26.3. The summed E-state index contributed by atoms with van der Waals surface area (Å²) < 4.78 is 25.6. The summed E-state index contributed by atoms with van der Waals surface area (Å²) in [5.41, 5.74) is 3.45. The lowest BCUT2D eigenvalue weighted by Crippen LogP contribution is -2.44. The van der Waals surface area contributed by atoms with E-state index in [-0.39, 0.29) is 30.3 Å². The molecule has 0 saturated carbocycles. The van der Waals surface area contributed by atoms with Gasteiger partial charge in [-0.2, -0.15) is 0 Å². The molecule has 4 rings (SSSR count). The van der Waals surface area contributed by atoms with Crippen LogP contribution in [-0.4, -0.2) is 31.0 Å². The van der Waals surface area contributed by atoms with Gasteiger partial charge in [0.2, 0.25) is 0 Å². The SMILES string of the molecule is C=C[C@@H](C)[C@@H](OCc1ccccc1)[C@H](OCc1ccccc1)[C@@H]1CC[C@H](COCc2ccccc2)O1. The van der Waals surface area contributed by atoms with E-state index in [4.69, 9.17) is 18.9 Å². The molecule has 0 aromatic heterocycles. The summed E-state index contributed by atoms with van der Waals surface area (Å²) in [6, 6.07) is 30.8. The van der Waals surface area contributed by atoms with Crippen LogP contribution >= 0.6 is 0 Å². The minimum atomic E-state index is -0.221. The number of benzene rings is 3. The van der Waals surface area contributed by atoms with E-state index >= 15 is 0 Å². The third-order valence-electron chi connectivity index (χ3n) is 6.71. The maximum atomic E-state index is 6.57. The van der Waals surface area contributed by atoms with Crippen molar-refractivity contribution < 1.29 is 18.9 Å². The molecule has 1 saturated heterocycles. The molecule has 0 spiro atoms. The fraction of sp³-hybridized carbons (Fsp3) is 0.375. The molecule has 36 heavy (non-hydrogen) atoms. The summed E-state index contributed by atoms with van der Waals surface area (Å²) in [4.78, 5) is 0. The zero-order chi connectivity index (χ0) is 25.0. The van der Waals surface area contributed by atoms with Crippen LogP contribution in [0.15, 0.2) is 104 Å². The predicted octanol–water partition coefficient (Wildman–Crippen LogP) is 6.74. The van der Waals surface area contributed by atoms with Gasteiger partial charge in [0.15, 0.2) is 0 Å². The lowest BCUT2D eigenvalue weighted by atomic mass is 9.94. The van der Waals surface area contributed by atoms with Gasteiger partial charge in [-0.15, -0.1) is 6.58 Å². The molecule has 190 valence electrons. The van der Waals surface area contributed by atoms with Crippen molar-refractivity contribution in [1.29, 1.82) is 0 Å². The van der Waals surface area contributed by atoms with Crippen LogP contribution in [0.3, 0.4) is 0 Å². The number of hydrogen-bond donors (Lipinski definition) is 0. The number of hydrogen-bond acceptors (Lipinski definition) is 4. The van der Waals surface area contributed by atoms with Crippen LogP contribution < -0.4 is 0 Å². The van der Waals surface area contributed by atoms with Crippen LogP contribution in [0.5, 0.6) is 0 Å². The quantitative estimate of drug-likeness (QED) is 0.236. The summed E-state index contributed by atoms with van der Waals surface area (Å²) in [6.45, 7) is 8.38. The van der Waals surface area contributed by atoms with E-state index in [9.17, 15) is 0 Å². The molecule has 3 aromatic carbocycles. The third-order valence-corrected chi connectivity index (χ3v) is 6.71. The molecule has 0 radical (unpaired) electrons. The average Bonchev–Trinajstić information content (AvgIpc) is 3.40. The highest BCUT2D eigenvalue weighted by molar-refractivity contribution is 5.15. The smallest absolute Gasteiger partial charge is 0.111 e. The monoisotopic (exact) mass is 486 g/mol. The number of ether oxygens (including phenoxy) is 4. The van der Waals surface area contributed by atoms with E-state index in [1.54, 1.807) is 0 Å². The van der Waals surface area contributed by atoms with E-state index < -0.39 is 0 Å². The van der Waals surface area contributed by atoms with Crippen LogP contribution in [0.25, 0.3) is 0 Å². The maximum Gasteiger partial charge on any atom is 0.111 e. The Hall–Kier alpha value is -2.76. The van der Waals surface area contributed by atoms with Gasteiger partial charge in [0.25, 0.3) is 0 Å². The van der Waals surface area contributed by atoms with Gasteiger partial charge in [0.1, 0.15) is 6.10 Å². The lowest BCUT2D eigenvalue weighted by molar-refractivity contribution is -0.158. The first-order valence-corrected chi connectivity index (χ1v) is 12.9. The first-order chi connectivity index (χ1) is 17.7. The Morgan fingerprint density at radius 2 is 1.31 bits per heavy atom. The summed E-state index contributed by atoms with van der Waals surface area (Å²) in [5.74, 6) is 0.103. The summed E-state index contributed by atoms with van der Waals surface area (Å²) in [5, 5.41) is 0. The molecule has 0 bridgehead atoms. The Bertz CT molecular complexity index is 1010. The van der Waals surface area contributed by atoms with Gasteiger partial charge in [0, 0.05) is 5.92 Å². The highest BCUT2D eigenvalue weighted by Gasteiger charge is 2.39. The average molecular weight is 487 g/mol. The van der Waals surface area contributed by atoms with Gasteiger partial charge in [0.05, 0.1) is 44.7 Å². The molecule has 4 heteroatoms. The Labute approximate surface area is 215 Å². The van der Waals surface area contributed by atoms with Crippen LogP contribution in [0.4, 0.5) is 0 Å². The predicted molar refractivity (Wildman–Crippen MR) is 143 cm³/mol. The molecule has 1 fully saturated rings. The van der Waals surface area contributed by atoms with Gasteiger partial charge in [-0.05, 0) is 29.5 Å². The number of rotatable bonds is 14. The molecule has 0 unspecified atom stereocenters. The molecule has 1 aliphatic heterocycles. The first-order valence-electron chi connectivity index (χ1n) is 12.9. The van der Waals surface area contributed by atoms with Crippen molar-refractivity contribution in [3.05, 3.63) is 120 Å². The molecular formula is C32H38O4. The van der Waals surface area contributed by atoms with Crippen molar-refractivity contribution in [2.45, 2.75) is 64.0 Å². The van der Waals surface area contributed by atoms with Crippen LogP contribution in [-0.2, 0) is 38.8 Å². The normalized spacial score (nSPS) is 20.0. The Balaban J connectivity index is 1.42. The largest absolute Gasteiger partial charge is 0.374 e. The minimum absolute atomic E-state index is 0.0512. The Morgan fingerprint density at radius 1 is 0.778 bits per heavy atom. The highest BCUT2D eigenvalue weighted by atomic mass is 16.6. The van der Waals surface area contributed by atoms with Crippen molar-refractivity contribution in [1.82, 2.24) is 0 Å². The van der Waals surface area contributed by atoms with Gasteiger partial charge in [-0.25, -0.2) is 0 Å². The third kappa shape index (κ3) is 7.87. The van der Waals surface area contributed by atoms with E-state index in [1.165, 1.54) is 5.56 Å². The second kappa shape index (κ2) is 14.1. The van der Waals surface area contributed by atoms with Gasteiger partial charge < -0.3 is 18.9 Å². The molecule has 1 heterocycles. The molecule has 3 aromatic rings. The molecule has 5 atom stereocenters. The second-order valence-electron chi connectivity index (χ2n) is 9.49. The molecule has 4 nitrogen and oxygen atoms in total. The summed E-state index contributed by atoms with van der Waals surface area (Å²) in [7, 11) is 0. The van der Waals surface area contributed by atoms with E-state index in [1.807, 2.05) is 60.7 Å². The maximum absolute atomic E-state index is 6.57. The van der Waals surface area contributed by atoms with Gasteiger partial charge in [-0.3, -0.25) is 0 Å². The van der Waals surface area contributed by atoms with Crippen molar-refractivity contribution in [2.75, 3.05) is 6.61 Å². The van der Waals surface area contributed by atoms with Crippen LogP contribution in [0, 0.1) is 5.92 Å². The second-order valence-corrected chi connectivity index (χ2v) is 9.49. The van der Waals surface area contributed by atoms with Gasteiger partial charge >= 0.3 is 0 Å². The van der Waals surface area contributed by atoms with Crippen molar-refractivity contribution in [3.63, 3.8) is 0 Å². The van der Waals surface area contributed by atoms with Gasteiger partial charge in [-0.1, -0.05) is 104 Å². The van der Waals surface area contributed by atoms with E-state index in [0.717, 1.165) is 24.0 Å². The standard InChI is InChI=1S/C32H38O4/c1-3-25(2)31(34-22-27-15-9-5-10-16-27)32(35-23-28-17-11-6-12-18-28)30-20-19-29(36-30)24-33-21-26-13-7-4-8-14-26/h3-18,25,29-32H,1,19-24H2,2H3/t25-,29-,30+,31-,32-/m1/s1. The molecule has 0 N–H and O–H groups in total. The van der Waals surface area contributed by atoms with E-state index in [2.05, 4.69) is 49.9 Å². The van der Waals surface area contributed by atoms with Crippen LogP contribution in [0.1, 0.15) is 36.5 Å². The highest BCUT2D eigenvalue weighted by Crippen LogP contribution is 2.31. The fourth-order valence-corrected chi connectivity index (χ4v) is 4.61. The molecular weight excluding hydrogens is 448 g/mol.